The summed E-state index contributed by atoms with van der Waals surface area (Å²) >= 11 is -1.99. The summed E-state index contributed by atoms with van der Waals surface area (Å²) in [5, 5.41) is 12.0. The van der Waals surface area contributed by atoms with Crippen LogP contribution in [0, 0.1) is 0 Å². The predicted octanol–water partition coefficient (Wildman–Crippen LogP) is 0.931. The molecular weight excluding hydrogens is 280 g/mol. The fourth-order valence-corrected chi connectivity index (χ4v) is 2.90. The van der Waals surface area contributed by atoms with E-state index in [1.54, 1.807) is 12.1 Å². The molecule has 0 radical (unpaired) electrons. The van der Waals surface area contributed by atoms with E-state index in [-0.39, 0.29) is 11.7 Å². The Kier molecular flexibility index (Phi) is 4.45. The summed E-state index contributed by atoms with van der Waals surface area (Å²) in [7, 11) is 7.52. The first-order chi connectivity index (χ1) is 7.04. The Balaban J connectivity index is 2.99. The van der Waals surface area contributed by atoms with Gasteiger partial charge in [0.05, 0.1) is 0 Å². The average molecular weight is 292 g/mol. The molecule has 0 spiro atoms. The van der Waals surface area contributed by atoms with Crippen LogP contribution >= 0.6 is 9.95 Å². The Morgan fingerprint density at radius 1 is 1.60 bits per heavy atom. The van der Waals surface area contributed by atoms with Crippen LogP contribution in [0.5, 0.6) is 5.75 Å². The second kappa shape index (κ2) is 5.40. The third kappa shape index (κ3) is 3.41. The molecule has 1 rings (SSSR count). The van der Waals surface area contributed by atoms with E-state index in [4.69, 9.17) is 13.7 Å². The maximum atomic E-state index is 10.8. The summed E-state index contributed by atoms with van der Waals surface area (Å²) in [6.07, 6.45) is 0. The fourth-order valence-electron chi connectivity index (χ4n) is 1.03. The van der Waals surface area contributed by atoms with Crippen molar-refractivity contribution >= 4 is 39.9 Å². The molecule has 82 valence electrons. The van der Waals surface area contributed by atoms with Crippen LogP contribution in [0.25, 0.3) is 0 Å². The summed E-state index contributed by atoms with van der Waals surface area (Å²) in [6.45, 7) is 1.37. The molecule has 0 aliphatic heterocycles. The number of carbonyl (C=O) groups is 1. The van der Waals surface area contributed by atoms with Crippen LogP contribution in [0.3, 0.4) is 0 Å². The van der Waals surface area contributed by atoms with Gasteiger partial charge in [-0.05, 0) is 0 Å². The van der Waals surface area contributed by atoms with Crippen LogP contribution in [0.4, 0.5) is 5.69 Å². The summed E-state index contributed by atoms with van der Waals surface area (Å²) in [6, 6.07) is 4.81. The third-order valence-electron chi connectivity index (χ3n) is 1.65. The molecule has 2 N–H and O–H groups in total. The summed E-state index contributed by atoms with van der Waals surface area (Å²) < 4.78 is 5.87. The van der Waals surface area contributed by atoms with Crippen molar-refractivity contribution in [2.45, 2.75) is 6.92 Å². The van der Waals surface area contributed by atoms with Gasteiger partial charge in [-0.3, -0.25) is 0 Å². The normalized spacial score (nSPS) is 12.2. The van der Waals surface area contributed by atoms with E-state index in [2.05, 4.69) is 5.32 Å². The molecule has 6 heteroatoms. The first-order valence-corrected chi connectivity index (χ1v) is 8.32. The van der Waals surface area contributed by atoms with Crippen molar-refractivity contribution in [1.29, 1.82) is 0 Å². The average Bonchev–Trinajstić information content (AvgIpc) is 2.19. The number of halogens is 1. The van der Waals surface area contributed by atoms with Gasteiger partial charge in [0.1, 0.15) is 0 Å². The van der Waals surface area contributed by atoms with Crippen LogP contribution in [-0.4, -0.2) is 32.2 Å². The van der Waals surface area contributed by atoms with Crippen molar-refractivity contribution in [3.05, 3.63) is 18.2 Å². The number of hydrogen-bond donors (Lipinski definition) is 2. The Hall–Kier alpha value is -0.702. The minimum absolute atomic E-state index is 0.0177. The molecule has 1 atom stereocenters. The van der Waals surface area contributed by atoms with Crippen LogP contribution in [0.1, 0.15) is 6.92 Å². The van der Waals surface area contributed by atoms with Gasteiger partial charge in [0.15, 0.2) is 0 Å². The number of benzene rings is 1. The molecule has 0 saturated heterocycles. The SMILES string of the molecule is CO[As](Cl)c1ccc(O)c(NC(C)=O)c1. The number of hydrogen-bond acceptors (Lipinski definition) is 3. The third-order valence-corrected chi connectivity index (χ3v) is 5.49. The quantitative estimate of drug-likeness (QED) is 0.643. The molecule has 0 fully saturated rings. The van der Waals surface area contributed by atoms with E-state index in [1.807, 2.05) is 0 Å². The molecule has 0 aliphatic rings. The van der Waals surface area contributed by atoms with Crippen molar-refractivity contribution in [3.8, 4) is 5.75 Å². The van der Waals surface area contributed by atoms with E-state index in [0.717, 1.165) is 4.35 Å². The first kappa shape index (κ1) is 12.4. The molecule has 0 aromatic heterocycles. The van der Waals surface area contributed by atoms with E-state index in [9.17, 15) is 9.90 Å². The summed E-state index contributed by atoms with van der Waals surface area (Å²) in [5.41, 5.74) is 0.358. The van der Waals surface area contributed by atoms with Gasteiger partial charge in [0.25, 0.3) is 0 Å². The number of nitrogens with one attached hydrogen (secondary N) is 1. The van der Waals surface area contributed by atoms with Crippen LogP contribution in [0.15, 0.2) is 18.2 Å². The number of amides is 1. The fraction of sp³-hybridized carbons (Fsp3) is 0.222. The molecule has 0 bridgehead atoms. The molecule has 1 aromatic carbocycles. The monoisotopic (exact) mass is 291 g/mol. The topological polar surface area (TPSA) is 58.6 Å². The molecule has 1 unspecified atom stereocenters. The van der Waals surface area contributed by atoms with Gasteiger partial charge in [-0.1, -0.05) is 0 Å². The molecule has 15 heavy (non-hydrogen) atoms. The van der Waals surface area contributed by atoms with Crippen LogP contribution < -0.4 is 9.67 Å². The van der Waals surface area contributed by atoms with Crippen molar-refractivity contribution in [1.82, 2.24) is 0 Å². The molecule has 1 amide bonds. The number of aromatic hydroxyl groups is 1. The van der Waals surface area contributed by atoms with Crippen molar-refractivity contribution < 1.29 is 13.6 Å². The van der Waals surface area contributed by atoms with E-state index in [0.29, 0.717) is 5.69 Å². The molecule has 1 aromatic rings. The second-order valence-electron chi connectivity index (χ2n) is 2.81. The number of carbonyl (C=O) groups excluding carboxylic acids is 1. The Morgan fingerprint density at radius 2 is 2.27 bits per heavy atom. The standard InChI is InChI=1S/C9H11AsClNO3/c1-6(13)12-8-5-7(10(11)15-2)3-4-9(8)14/h3-5,14H,1-2H3,(H,12,13). The van der Waals surface area contributed by atoms with Gasteiger partial charge in [-0.2, -0.15) is 0 Å². The molecule has 0 heterocycles. The van der Waals surface area contributed by atoms with Crippen molar-refractivity contribution in [2.75, 3.05) is 12.4 Å². The number of anilines is 1. The molecule has 0 saturated carbocycles. The Labute approximate surface area is 97.0 Å². The summed E-state index contributed by atoms with van der Waals surface area (Å²) in [4.78, 5) is 10.8. The van der Waals surface area contributed by atoms with Gasteiger partial charge < -0.3 is 0 Å². The first-order valence-electron chi connectivity index (χ1n) is 4.15. The van der Waals surface area contributed by atoms with Gasteiger partial charge in [0, 0.05) is 0 Å². The maximum absolute atomic E-state index is 10.8. The van der Waals surface area contributed by atoms with Crippen LogP contribution in [0.2, 0.25) is 0 Å². The minimum atomic E-state index is -1.99. The number of rotatable bonds is 3. The van der Waals surface area contributed by atoms with Gasteiger partial charge in [-0.15, -0.1) is 0 Å². The zero-order valence-corrected chi connectivity index (χ0v) is 11.0. The van der Waals surface area contributed by atoms with E-state index in [1.165, 1.54) is 20.1 Å². The zero-order chi connectivity index (χ0) is 11.4. The number of phenolic OH excluding ortho intramolecular Hbond substituents is 1. The van der Waals surface area contributed by atoms with Gasteiger partial charge in [0.2, 0.25) is 0 Å². The van der Waals surface area contributed by atoms with Gasteiger partial charge >= 0.3 is 96.9 Å². The van der Waals surface area contributed by atoms with Crippen LogP contribution in [-0.2, 0) is 8.52 Å². The zero-order valence-electron chi connectivity index (χ0n) is 8.32. The molecule has 4 nitrogen and oxygen atoms in total. The van der Waals surface area contributed by atoms with E-state index < -0.39 is 14.1 Å². The van der Waals surface area contributed by atoms with Crippen molar-refractivity contribution in [2.24, 2.45) is 0 Å². The predicted molar refractivity (Wildman–Crippen MR) is 60.7 cm³/mol. The van der Waals surface area contributed by atoms with Crippen molar-refractivity contribution in [3.63, 3.8) is 0 Å². The summed E-state index contributed by atoms with van der Waals surface area (Å²) in [5.74, 6) is -0.224. The molecular formula is C9H11AsClNO3. The molecule has 0 aliphatic carbocycles. The van der Waals surface area contributed by atoms with E-state index >= 15 is 0 Å². The number of phenols is 1. The Bertz CT molecular complexity index is 372. The second-order valence-corrected chi connectivity index (χ2v) is 7.28. The van der Waals surface area contributed by atoms with Gasteiger partial charge in [-0.25, -0.2) is 0 Å². The Morgan fingerprint density at radius 3 is 2.80 bits per heavy atom.